The molecule has 0 aliphatic rings. The summed E-state index contributed by atoms with van der Waals surface area (Å²) in [5, 5.41) is 2.60. The number of amides is 1. The molecule has 1 aromatic carbocycles. The average Bonchev–Trinajstić information content (AvgIpc) is 3.23. The minimum atomic E-state index is -4.54. The molecule has 0 fully saturated rings. The highest BCUT2D eigenvalue weighted by Gasteiger charge is 2.32. The molecule has 35 heavy (non-hydrogen) atoms. The zero-order chi connectivity index (χ0) is 25.2. The number of carbonyl (C=O) groups excluding carboxylic acids is 1. The van der Waals surface area contributed by atoms with Gasteiger partial charge in [0.2, 0.25) is 15.8 Å². The summed E-state index contributed by atoms with van der Waals surface area (Å²) in [5.74, 6) is -0.0417. The first kappa shape index (κ1) is 24.1. The summed E-state index contributed by atoms with van der Waals surface area (Å²) in [6.07, 6.45) is 2.59. The van der Waals surface area contributed by atoms with Gasteiger partial charge in [-0.3, -0.25) is 18.5 Å². The highest BCUT2D eigenvalue weighted by atomic mass is 32.2. The summed E-state index contributed by atoms with van der Waals surface area (Å²) in [4.78, 5) is 24.2. The molecular formula is C22H19F3N6O3S. The van der Waals surface area contributed by atoms with Crippen molar-refractivity contribution in [2.75, 3.05) is 10.6 Å². The third-order valence-corrected chi connectivity index (χ3v) is 6.12. The van der Waals surface area contributed by atoms with Gasteiger partial charge in [-0.15, -0.1) is 0 Å². The topological polar surface area (TPSA) is 110 Å². The van der Waals surface area contributed by atoms with Crippen LogP contribution in [0.3, 0.4) is 0 Å². The molecule has 1 amide bonds. The Morgan fingerprint density at radius 2 is 1.86 bits per heavy atom. The van der Waals surface area contributed by atoms with E-state index in [2.05, 4.69) is 20.3 Å². The van der Waals surface area contributed by atoms with E-state index in [-0.39, 0.29) is 18.7 Å². The number of sulfonamides is 1. The smallest absolute Gasteiger partial charge is 0.348 e. The minimum Gasteiger partial charge on any atom is -0.348 e. The van der Waals surface area contributed by atoms with Crippen LogP contribution in [0.1, 0.15) is 27.3 Å². The number of fused-ring (bicyclic) bond motifs is 1. The first-order chi connectivity index (χ1) is 16.5. The third-order valence-electron chi connectivity index (χ3n) is 4.98. The van der Waals surface area contributed by atoms with Crippen molar-refractivity contribution in [3.8, 4) is 0 Å². The number of hydrogen-bond donors (Lipinski definition) is 1. The molecule has 0 saturated carbocycles. The molecule has 3 heterocycles. The molecule has 0 unspecified atom stereocenters. The fourth-order valence-corrected chi connectivity index (χ4v) is 4.13. The monoisotopic (exact) mass is 504 g/mol. The first-order valence-corrected chi connectivity index (χ1v) is 12.0. The molecular weight excluding hydrogens is 485 g/mol. The number of alkyl halides is 3. The van der Waals surface area contributed by atoms with Crippen LogP contribution in [0.5, 0.6) is 0 Å². The highest BCUT2D eigenvalue weighted by molar-refractivity contribution is 7.92. The lowest BCUT2D eigenvalue weighted by atomic mass is 10.2. The molecule has 0 atom stereocenters. The quantitative estimate of drug-likeness (QED) is 0.414. The number of pyridine rings is 1. The van der Waals surface area contributed by atoms with E-state index < -0.39 is 27.8 Å². The number of halogens is 3. The number of anilines is 1. The van der Waals surface area contributed by atoms with E-state index in [1.807, 2.05) is 0 Å². The molecule has 3 aromatic heterocycles. The van der Waals surface area contributed by atoms with Crippen LogP contribution >= 0.6 is 0 Å². The van der Waals surface area contributed by atoms with Crippen molar-refractivity contribution in [3.63, 3.8) is 0 Å². The Bertz CT molecular complexity index is 1420. The number of carbonyl (C=O) groups is 1. The van der Waals surface area contributed by atoms with Crippen LogP contribution in [0.2, 0.25) is 0 Å². The Hall–Kier alpha value is -4.00. The Balaban J connectivity index is 1.45. The van der Waals surface area contributed by atoms with Crippen LogP contribution < -0.4 is 9.62 Å². The van der Waals surface area contributed by atoms with Gasteiger partial charge in [0.25, 0.3) is 5.91 Å². The van der Waals surface area contributed by atoms with E-state index in [1.54, 1.807) is 29.1 Å². The van der Waals surface area contributed by atoms with Gasteiger partial charge < -0.3 is 5.32 Å². The van der Waals surface area contributed by atoms with Gasteiger partial charge in [-0.2, -0.15) is 13.2 Å². The SMILES string of the molecule is CS(=O)(=O)N(Cc1cn2cccnc2n1)c1ccc(C(=O)NCc2ccc(C(F)(F)F)nc2)cc1. The fraction of sp³-hybridized carbons (Fsp3) is 0.182. The predicted molar refractivity (Wildman–Crippen MR) is 121 cm³/mol. The van der Waals surface area contributed by atoms with Crippen molar-refractivity contribution < 1.29 is 26.4 Å². The standard InChI is InChI=1S/C22H19F3N6O3S/c1-35(33,34)31(14-17-13-30-10-2-9-26-21(30)29-17)18-6-4-16(5-7-18)20(32)28-12-15-3-8-19(27-11-15)22(23,24)25/h2-11,13H,12,14H2,1H3,(H,28,32). The van der Waals surface area contributed by atoms with Crippen LogP contribution in [-0.2, 0) is 29.3 Å². The van der Waals surface area contributed by atoms with E-state index >= 15 is 0 Å². The Morgan fingerprint density at radius 1 is 1.11 bits per heavy atom. The van der Waals surface area contributed by atoms with Crippen molar-refractivity contribution >= 4 is 27.4 Å². The van der Waals surface area contributed by atoms with Crippen molar-refractivity contribution in [2.24, 2.45) is 0 Å². The summed E-state index contributed by atoms with van der Waals surface area (Å²) in [5.41, 5.74) is 0.452. The number of benzene rings is 1. The molecule has 0 spiro atoms. The second-order valence-electron chi connectivity index (χ2n) is 7.61. The first-order valence-electron chi connectivity index (χ1n) is 10.2. The van der Waals surface area contributed by atoms with Gasteiger partial charge >= 0.3 is 6.18 Å². The minimum absolute atomic E-state index is 0.0247. The van der Waals surface area contributed by atoms with Gasteiger partial charge in [0.05, 0.1) is 24.2 Å². The van der Waals surface area contributed by atoms with Crippen LogP contribution in [0, 0.1) is 0 Å². The maximum absolute atomic E-state index is 12.6. The number of hydrogen-bond acceptors (Lipinski definition) is 6. The zero-order valence-corrected chi connectivity index (χ0v) is 19.1. The van der Waals surface area contributed by atoms with Gasteiger partial charge in [0.15, 0.2) is 0 Å². The van der Waals surface area contributed by atoms with E-state index in [0.29, 0.717) is 22.7 Å². The predicted octanol–water partition coefficient (Wildman–Crippen LogP) is 3.04. The molecule has 4 aromatic rings. The second kappa shape index (κ2) is 9.33. The van der Waals surface area contributed by atoms with E-state index in [9.17, 15) is 26.4 Å². The lowest BCUT2D eigenvalue weighted by molar-refractivity contribution is -0.141. The largest absolute Gasteiger partial charge is 0.433 e. The lowest BCUT2D eigenvalue weighted by Crippen LogP contribution is -2.29. The van der Waals surface area contributed by atoms with Gasteiger partial charge in [-0.25, -0.2) is 18.4 Å². The molecule has 0 radical (unpaired) electrons. The summed E-state index contributed by atoms with van der Waals surface area (Å²) in [7, 11) is -3.67. The van der Waals surface area contributed by atoms with Gasteiger partial charge in [-0.1, -0.05) is 6.07 Å². The van der Waals surface area contributed by atoms with E-state index in [4.69, 9.17) is 0 Å². The summed E-state index contributed by atoms with van der Waals surface area (Å²) >= 11 is 0. The summed E-state index contributed by atoms with van der Waals surface area (Å²) in [6, 6.07) is 9.70. The number of rotatable bonds is 7. The van der Waals surface area contributed by atoms with Gasteiger partial charge in [-0.05, 0) is 42.0 Å². The second-order valence-corrected chi connectivity index (χ2v) is 9.51. The van der Waals surface area contributed by atoms with Crippen molar-refractivity contribution in [3.05, 3.63) is 89.8 Å². The van der Waals surface area contributed by atoms with Crippen LogP contribution in [0.4, 0.5) is 18.9 Å². The van der Waals surface area contributed by atoms with E-state index in [0.717, 1.165) is 22.8 Å². The van der Waals surface area contributed by atoms with Crippen molar-refractivity contribution in [1.29, 1.82) is 0 Å². The normalized spacial score (nSPS) is 12.0. The van der Waals surface area contributed by atoms with Crippen LogP contribution in [0.15, 0.2) is 67.3 Å². The summed E-state index contributed by atoms with van der Waals surface area (Å²) in [6.45, 7) is -0.0578. The van der Waals surface area contributed by atoms with E-state index in [1.165, 1.54) is 30.3 Å². The summed E-state index contributed by atoms with van der Waals surface area (Å²) < 4.78 is 65.5. The third kappa shape index (κ3) is 5.74. The number of imidazole rings is 1. The molecule has 1 N–H and O–H groups in total. The number of aromatic nitrogens is 4. The Morgan fingerprint density at radius 3 is 2.46 bits per heavy atom. The lowest BCUT2D eigenvalue weighted by Gasteiger charge is -2.21. The number of nitrogens with zero attached hydrogens (tertiary/aromatic N) is 5. The average molecular weight is 504 g/mol. The van der Waals surface area contributed by atoms with Crippen molar-refractivity contribution in [1.82, 2.24) is 24.7 Å². The van der Waals surface area contributed by atoms with Crippen LogP contribution in [-0.4, -0.2) is 39.9 Å². The molecule has 13 heteroatoms. The van der Waals surface area contributed by atoms with Crippen LogP contribution in [0.25, 0.3) is 5.78 Å². The molecule has 0 saturated heterocycles. The maximum Gasteiger partial charge on any atom is 0.433 e. The molecule has 182 valence electrons. The molecule has 0 aliphatic carbocycles. The molecule has 0 aliphatic heterocycles. The number of nitrogens with one attached hydrogen (secondary N) is 1. The Kier molecular flexibility index (Phi) is 6.43. The maximum atomic E-state index is 12.6. The molecule has 4 rings (SSSR count). The molecule has 9 nitrogen and oxygen atoms in total. The highest BCUT2D eigenvalue weighted by Crippen LogP contribution is 2.27. The van der Waals surface area contributed by atoms with Crippen molar-refractivity contribution in [2.45, 2.75) is 19.3 Å². The van der Waals surface area contributed by atoms with Gasteiger partial charge in [0.1, 0.15) is 5.69 Å². The van der Waals surface area contributed by atoms with Gasteiger partial charge in [0, 0.05) is 36.9 Å². The Labute approximate surface area is 198 Å². The zero-order valence-electron chi connectivity index (χ0n) is 18.3. The molecule has 0 bridgehead atoms. The fourth-order valence-electron chi connectivity index (χ4n) is 3.26.